The van der Waals surface area contributed by atoms with Crippen molar-refractivity contribution in [2.45, 2.75) is 45.3 Å². The molecule has 0 bridgehead atoms. The van der Waals surface area contributed by atoms with Gasteiger partial charge in [-0.1, -0.05) is 12.1 Å². The molecule has 0 aliphatic carbocycles. The number of hydrogen-bond acceptors (Lipinski definition) is 4. The lowest BCUT2D eigenvalue weighted by atomic mass is 10.0. The van der Waals surface area contributed by atoms with Gasteiger partial charge in [-0.2, -0.15) is 0 Å². The Kier molecular flexibility index (Phi) is 10.2. The first-order chi connectivity index (χ1) is 10.3. The third-order valence-electron chi connectivity index (χ3n) is 3.00. The summed E-state index contributed by atoms with van der Waals surface area (Å²) < 4.78 is 9.92. The van der Waals surface area contributed by atoms with Crippen LogP contribution in [0, 0.1) is 0 Å². The average molecular weight is 311 g/mol. The van der Waals surface area contributed by atoms with E-state index in [0.29, 0.717) is 13.0 Å². The molecule has 0 aliphatic rings. The molecule has 1 unspecified atom stereocenters. The summed E-state index contributed by atoms with van der Waals surface area (Å²) in [6, 6.07) is 7.05. The van der Waals surface area contributed by atoms with E-state index < -0.39 is 0 Å². The molecule has 22 heavy (non-hydrogen) atoms. The lowest BCUT2D eigenvalue weighted by Crippen LogP contribution is -2.31. The van der Waals surface area contributed by atoms with E-state index >= 15 is 0 Å². The number of phenols is 1. The van der Waals surface area contributed by atoms with Gasteiger partial charge in [-0.05, 0) is 51.3 Å². The first-order valence-electron chi connectivity index (χ1n) is 7.34. The van der Waals surface area contributed by atoms with Gasteiger partial charge >= 0.3 is 0 Å². The Labute approximate surface area is 133 Å². The van der Waals surface area contributed by atoms with Crippen LogP contribution in [0.15, 0.2) is 24.3 Å². The van der Waals surface area contributed by atoms with Crippen molar-refractivity contribution < 1.29 is 19.4 Å². The maximum Gasteiger partial charge on any atom is 0.207 e. The summed E-state index contributed by atoms with van der Waals surface area (Å²) in [5.41, 5.74) is 1.12. The zero-order valence-corrected chi connectivity index (χ0v) is 14.3. The first kappa shape index (κ1) is 20.4. The van der Waals surface area contributed by atoms with Gasteiger partial charge in [-0.15, -0.1) is 0 Å². The van der Waals surface area contributed by atoms with Gasteiger partial charge in [-0.3, -0.25) is 4.79 Å². The summed E-state index contributed by atoms with van der Waals surface area (Å²) in [5, 5.41) is 11.9. The van der Waals surface area contributed by atoms with Crippen molar-refractivity contribution >= 4 is 6.41 Å². The highest BCUT2D eigenvalue weighted by Crippen LogP contribution is 2.12. The highest BCUT2D eigenvalue weighted by atomic mass is 16.5. The third kappa shape index (κ3) is 11.1. The molecule has 0 saturated carbocycles. The molecule has 0 fully saturated rings. The third-order valence-corrected chi connectivity index (χ3v) is 3.00. The van der Waals surface area contributed by atoms with E-state index in [1.54, 1.807) is 26.4 Å². The van der Waals surface area contributed by atoms with Gasteiger partial charge in [0.05, 0.1) is 5.60 Å². The molecule has 1 rings (SSSR count). The van der Waals surface area contributed by atoms with Gasteiger partial charge in [0.15, 0.2) is 0 Å². The Morgan fingerprint density at radius 1 is 1.23 bits per heavy atom. The SMILES string of the molecule is COC(C)(C)C.COCCC(Cc1ccc(O)cc1)NC=O. The van der Waals surface area contributed by atoms with Crippen LogP contribution in [0.5, 0.6) is 5.75 Å². The Balaban J connectivity index is 0.000000626. The van der Waals surface area contributed by atoms with Gasteiger partial charge in [0, 0.05) is 26.9 Å². The Morgan fingerprint density at radius 2 is 1.77 bits per heavy atom. The van der Waals surface area contributed by atoms with Crippen LogP contribution in [-0.2, 0) is 20.7 Å². The lowest BCUT2D eigenvalue weighted by Gasteiger charge is -2.15. The van der Waals surface area contributed by atoms with E-state index in [-0.39, 0.29) is 17.4 Å². The quantitative estimate of drug-likeness (QED) is 0.759. The van der Waals surface area contributed by atoms with E-state index in [0.717, 1.165) is 18.4 Å². The molecule has 0 heterocycles. The number of benzene rings is 1. The molecular formula is C17H29NO4. The van der Waals surface area contributed by atoms with Crippen LogP contribution in [0.3, 0.4) is 0 Å². The van der Waals surface area contributed by atoms with Crippen LogP contribution in [0.1, 0.15) is 32.8 Å². The van der Waals surface area contributed by atoms with Crippen LogP contribution in [-0.4, -0.2) is 44.0 Å². The Hall–Kier alpha value is -1.59. The van der Waals surface area contributed by atoms with Gasteiger partial charge in [0.2, 0.25) is 6.41 Å². The zero-order chi connectivity index (χ0) is 17.0. The predicted molar refractivity (Wildman–Crippen MR) is 88.1 cm³/mol. The minimum atomic E-state index is 0.0417. The second-order valence-electron chi connectivity index (χ2n) is 5.95. The molecule has 126 valence electrons. The molecule has 1 aromatic rings. The number of carbonyl (C=O) groups excluding carboxylic acids is 1. The molecule has 0 radical (unpaired) electrons. The van der Waals surface area contributed by atoms with Crippen molar-refractivity contribution in [1.82, 2.24) is 5.32 Å². The van der Waals surface area contributed by atoms with E-state index in [4.69, 9.17) is 14.6 Å². The average Bonchev–Trinajstić information content (AvgIpc) is 2.47. The highest BCUT2D eigenvalue weighted by molar-refractivity contribution is 5.46. The summed E-state index contributed by atoms with van der Waals surface area (Å²) in [4.78, 5) is 10.4. The number of aromatic hydroxyl groups is 1. The number of carbonyl (C=O) groups is 1. The second kappa shape index (κ2) is 11.0. The topological polar surface area (TPSA) is 67.8 Å². The molecule has 2 N–H and O–H groups in total. The second-order valence-corrected chi connectivity index (χ2v) is 5.95. The van der Waals surface area contributed by atoms with Crippen LogP contribution in [0.2, 0.25) is 0 Å². The molecule has 0 spiro atoms. The van der Waals surface area contributed by atoms with Crippen molar-refractivity contribution in [2.75, 3.05) is 20.8 Å². The number of methoxy groups -OCH3 is 2. The fourth-order valence-corrected chi connectivity index (χ4v) is 1.52. The minimum absolute atomic E-state index is 0.0417. The van der Waals surface area contributed by atoms with Crippen LogP contribution in [0.25, 0.3) is 0 Å². The minimum Gasteiger partial charge on any atom is -0.508 e. The largest absolute Gasteiger partial charge is 0.508 e. The van der Waals surface area contributed by atoms with Crippen molar-refractivity contribution in [3.63, 3.8) is 0 Å². The van der Waals surface area contributed by atoms with Gasteiger partial charge in [-0.25, -0.2) is 0 Å². The summed E-state index contributed by atoms with van der Waals surface area (Å²) in [5.74, 6) is 0.250. The summed E-state index contributed by atoms with van der Waals surface area (Å²) in [7, 11) is 3.35. The van der Waals surface area contributed by atoms with E-state index in [1.807, 2.05) is 32.9 Å². The smallest absolute Gasteiger partial charge is 0.207 e. The molecule has 1 atom stereocenters. The fraction of sp³-hybridized carbons (Fsp3) is 0.588. The van der Waals surface area contributed by atoms with Crippen LogP contribution in [0.4, 0.5) is 0 Å². The summed E-state index contributed by atoms with van der Waals surface area (Å²) in [6.45, 7) is 6.68. The van der Waals surface area contributed by atoms with Crippen molar-refractivity contribution in [2.24, 2.45) is 0 Å². The zero-order valence-electron chi connectivity index (χ0n) is 14.3. The summed E-state index contributed by atoms with van der Waals surface area (Å²) in [6.07, 6.45) is 2.22. The number of rotatable bonds is 7. The number of nitrogens with one attached hydrogen (secondary N) is 1. The normalized spacial score (nSPS) is 12.0. The van der Waals surface area contributed by atoms with Gasteiger partial charge < -0.3 is 19.9 Å². The van der Waals surface area contributed by atoms with Gasteiger partial charge in [0.25, 0.3) is 0 Å². The maximum atomic E-state index is 10.4. The van der Waals surface area contributed by atoms with Gasteiger partial charge in [0.1, 0.15) is 5.75 Å². The van der Waals surface area contributed by atoms with Crippen LogP contribution >= 0.6 is 0 Å². The van der Waals surface area contributed by atoms with E-state index in [1.165, 1.54) is 0 Å². The molecule has 5 nitrogen and oxygen atoms in total. The number of ether oxygens (including phenoxy) is 2. The molecular weight excluding hydrogens is 282 g/mol. The molecule has 0 saturated heterocycles. The monoisotopic (exact) mass is 311 g/mol. The number of hydrogen-bond donors (Lipinski definition) is 2. The predicted octanol–water partition coefficient (Wildman–Crippen LogP) is 2.52. The van der Waals surface area contributed by atoms with Crippen molar-refractivity contribution in [1.29, 1.82) is 0 Å². The van der Waals surface area contributed by atoms with Crippen LogP contribution < -0.4 is 5.32 Å². The fourth-order valence-electron chi connectivity index (χ4n) is 1.52. The lowest BCUT2D eigenvalue weighted by molar-refractivity contribution is -0.110. The molecule has 0 aromatic heterocycles. The van der Waals surface area contributed by atoms with Crippen molar-refractivity contribution in [3.8, 4) is 5.75 Å². The first-order valence-corrected chi connectivity index (χ1v) is 7.34. The highest BCUT2D eigenvalue weighted by Gasteiger charge is 2.08. The van der Waals surface area contributed by atoms with Crippen molar-refractivity contribution in [3.05, 3.63) is 29.8 Å². The number of amides is 1. The molecule has 1 aromatic carbocycles. The molecule has 0 aliphatic heterocycles. The van der Waals surface area contributed by atoms with E-state index in [9.17, 15) is 4.79 Å². The molecule has 5 heteroatoms. The maximum absolute atomic E-state index is 10.4. The number of phenolic OH excluding ortho intramolecular Hbond substituents is 1. The Morgan fingerprint density at radius 3 is 2.18 bits per heavy atom. The Bertz CT molecular complexity index is 398. The standard InChI is InChI=1S/C12H17NO3.C5H12O/c1-16-7-6-11(13-9-14)8-10-2-4-12(15)5-3-10;1-5(2,3)6-4/h2-5,9,11,15H,6-8H2,1H3,(H,13,14);1-4H3. The molecule has 1 amide bonds. The summed E-state index contributed by atoms with van der Waals surface area (Å²) >= 11 is 0. The van der Waals surface area contributed by atoms with E-state index in [2.05, 4.69) is 5.32 Å².